The van der Waals surface area contributed by atoms with Gasteiger partial charge in [-0.1, -0.05) is 0 Å². The predicted octanol–water partition coefficient (Wildman–Crippen LogP) is 2.72. The molecule has 2 N–H and O–H groups in total. The van der Waals surface area contributed by atoms with Gasteiger partial charge < -0.3 is 15.4 Å². The summed E-state index contributed by atoms with van der Waals surface area (Å²) in [6.45, 7) is 0.248. The summed E-state index contributed by atoms with van der Waals surface area (Å²) in [7, 11) is 3.26. The number of carbonyl (C=O) groups excluding carboxylic acids is 1. The highest BCUT2D eigenvalue weighted by Gasteiger charge is 2.31. The number of benzene rings is 1. The van der Waals surface area contributed by atoms with Gasteiger partial charge in [0.25, 0.3) is 5.91 Å². The van der Waals surface area contributed by atoms with Crippen molar-refractivity contribution in [3.05, 3.63) is 59.0 Å². The second kappa shape index (κ2) is 6.95. The first-order chi connectivity index (χ1) is 14.9. The van der Waals surface area contributed by atoms with Gasteiger partial charge in [0.1, 0.15) is 17.5 Å². The number of carbonyl (C=O) groups is 1. The summed E-state index contributed by atoms with van der Waals surface area (Å²) >= 11 is 0. The zero-order valence-electron chi connectivity index (χ0n) is 16.8. The average molecular weight is 424 g/mol. The fraction of sp³-hybridized carbons (Fsp3) is 0.238. The first-order valence-corrected chi connectivity index (χ1v) is 9.54. The molecule has 4 heterocycles. The highest BCUT2D eigenvalue weighted by Crippen LogP contribution is 2.33. The number of nitrogens with two attached hydrogens (primary N) is 1. The molecule has 0 fully saturated rings. The third-order valence-electron chi connectivity index (χ3n) is 5.73. The number of nitrogen functional groups attached to an aromatic ring is 1. The highest BCUT2D eigenvalue weighted by atomic mass is 19.1. The number of likely N-dealkylation sites (N-methyl/N-ethyl adjacent to an activating group) is 1. The molecule has 1 aromatic carbocycles. The molecular formula is C21H18F2N6O2. The first-order valence-electron chi connectivity index (χ1n) is 9.54. The van der Waals surface area contributed by atoms with Crippen LogP contribution < -0.4 is 5.73 Å². The maximum absolute atomic E-state index is 15.0. The molecule has 8 nitrogen and oxygen atoms in total. The Labute approximate surface area is 175 Å². The minimum absolute atomic E-state index is 0.0954. The van der Waals surface area contributed by atoms with Crippen LogP contribution in [0.4, 0.5) is 14.6 Å². The van der Waals surface area contributed by atoms with Crippen LogP contribution in [-0.4, -0.2) is 44.2 Å². The lowest BCUT2D eigenvalue weighted by Gasteiger charge is -2.33. The minimum atomic E-state index is -0.730. The van der Waals surface area contributed by atoms with Gasteiger partial charge in [0.2, 0.25) is 0 Å². The molecular weight excluding hydrogens is 406 g/mol. The summed E-state index contributed by atoms with van der Waals surface area (Å²) in [5.41, 5.74) is 7.70. The van der Waals surface area contributed by atoms with Crippen LogP contribution in [0.15, 0.2) is 30.7 Å². The Bertz CT molecular complexity index is 1370. The number of amides is 1. The van der Waals surface area contributed by atoms with E-state index in [1.54, 1.807) is 17.9 Å². The molecule has 31 heavy (non-hydrogen) atoms. The lowest BCUT2D eigenvalue weighted by Crippen LogP contribution is -2.37. The fourth-order valence-corrected chi connectivity index (χ4v) is 4.07. The number of nitrogens with zero attached hydrogens (tertiary/aromatic N) is 5. The third kappa shape index (κ3) is 2.90. The summed E-state index contributed by atoms with van der Waals surface area (Å²) in [6, 6.07) is 2.04. The Hall–Kier alpha value is -3.66. The van der Waals surface area contributed by atoms with Crippen molar-refractivity contribution in [2.24, 2.45) is 7.05 Å². The van der Waals surface area contributed by atoms with E-state index >= 15 is 0 Å². The van der Waals surface area contributed by atoms with Crippen molar-refractivity contribution < 1.29 is 18.3 Å². The first kappa shape index (κ1) is 19.3. The van der Waals surface area contributed by atoms with E-state index in [0.29, 0.717) is 32.9 Å². The van der Waals surface area contributed by atoms with E-state index < -0.39 is 23.6 Å². The Morgan fingerprint density at radius 3 is 2.84 bits per heavy atom. The van der Waals surface area contributed by atoms with Crippen LogP contribution in [0, 0.1) is 11.6 Å². The van der Waals surface area contributed by atoms with E-state index in [1.165, 1.54) is 30.3 Å². The van der Waals surface area contributed by atoms with Crippen LogP contribution in [0.2, 0.25) is 0 Å². The van der Waals surface area contributed by atoms with Crippen LogP contribution in [0.1, 0.15) is 27.5 Å². The molecule has 0 spiro atoms. The van der Waals surface area contributed by atoms with Crippen molar-refractivity contribution in [3.63, 3.8) is 0 Å². The van der Waals surface area contributed by atoms with Crippen molar-refractivity contribution in [2.75, 3.05) is 19.4 Å². The second-order valence-electron chi connectivity index (χ2n) is 7.51. The van der Waals surface area contributed by atoms with Crippen LogP contribution in [0.25, 0.3) is 21.8 Å². The molecule has 0 saturated heterocycles. The van der Waals surface area contributed by atoms with Gasteiger partial charge in [-0.3, -0.25) is 14.5 Å². The van der Waals surface area contributed by atoms with Gasteiger partial charge in [-0.05, 0) is 6.07 Å². The van der Waals surface area contributed by atoms with Gasteiger partial charge in [0.15, 0.2) is 0 Å². The van der Waals surface area contributed by atoms with Gasteiger partial charge in [0.05, 0.1) is 53.6 Å². The molecule has 1 atom stereocenters. The number of aromatic nitrogens is 4. The number of pyridine rings is 2. The standard InChI is InChI=1S/C21H18F2N6O2/c1-28(18-9-31-8-14-12(18)5-25-7-16(14)23)21(30)10-3-11-17(4-15(10)22)27-20(24)13-6-26-29(2)19(11)13/h3-7,18H,8-9H2,1-2H3,(H2,24,27)/t18-/m1/s1. The molecule has 0 aliphatic carbocycles. The number of fused-ring (bicyclic) bond motifs is 4. The van der Waals surface area contributed by atoms with Gasteiger partial charge in [-0.15, -0.1) is 0 Å². The van der Waals surface area contributed by atoms with Gasteiger partial charge in [-0.25, -0.2) is 13.8 Å². The average Bonchev–Trinajstić information content (AvgIpc) is 3.15. The maximum Gasteiger partial charge on any atom is 0.257 e. The summed E-state index contributed by atoms with van der Waals surface area (Å²) < 4.78 is 36.2. The number of hydrogen-bond acceptors (Lipinski definition) is 6. The summed E-state index contributed by atoms with van der Waals surface area (Å²) in [4.78, 5) is 22.8. The number of aryl methyl sites for hydroxylation is 1. The molecule has 10 heteroatoms. The maximum atomic E-state index is 15.0. The normalized spacial score (nSPS) is 15.9. The topological polar surface area (TPSA) is 99.2 Å². The molecule has 1 aliphatic heterocycles. The van der Waals surface area contributed by atoms with Gasteiger partial charge in [-0.2, -0.15) is 5.10 Å². The van der Waals surface area contributed by atoms with Crippen molar-refractivity contribution >= 4 is 33.5 Å². The van der Waals surface area contributed by atoms with Crippen molar-refractivity contribution in [2.45, 2.75) is 12.6 Å². The number of hydrogen-bond donors (Lipinski definition) is 1. The highest BCUT2D eigenvalue weighted by molar-refractivity contribution is 6.10. The summed E-state index contributed by atoms with van der Waals surface area (Å²) in [5.74, 6) is -1.57. The lowest BCUT2D eigenvalue weighted by molar-refractivity contribution is 0.0328. The van der Waals surface area contributed by atoms with E-state index in [2.05, 4.69) is 15.1 Å². The summed E-state index contributed by atoms with van der Waals surface area (Å²) in [5, 5.41) is 5.36. The largest absolute Gasteiger partial charge is 0.383 e. The molecule has 1 aliphatic rings. The quantitative estimate of drug-likeness (QED) is 0.531. The van der Waals surface area contributed by atoms with E-state index in [0.717, 1.165) is 6.20 Å². The zero-order chi connectivity index (χ0) is 21.9. The number of ether oxygens (including phenoxy) is 1. The molecule has 0 saturated carbocycles. The SMILES string of the molecule is CN(C(=O)c1cc2c(cc1F)nc(N)c1cnn(C)c12)[C@@H]1COCc2c(F)cncc21. The van der Waals surface area contributed by atoms with E-state index in [4.69, 9.17) is 10.5 Å². The van der Waals surface area contributed by atoms with Crippen LogP contribution >= 0.6 is 0 Å². The molecule has 3 aromatic heterocycles. The summed E-state index contributed by atoms with van der Waals surface area (Å²) in [6.07, 6.45) is 4.19. The fourth-order valence-electron chi connectivity index (χ4n) is 4.07. The molecule has 0 bridgehead atoms. The number of rotatable bonds is 2. The molecule has 158 valence electrons. The Balaban J connectivity index is 1.61. The minimum Gasteiger partial charge on any atom is -0.383 e. The van der Waals surface area contributed by atoms with Gasteiger partial charge in [0, 0.05) is 42.9 Å². The predicted molar refractivity (Wildman–Crippen MR) is 109 cm³/mol. The van der Waals surface area contributed by atoms with E-state index in [-0.39, 0.29) is 24.6 Å². The Morgan fingerprint density at radius 1 is 1.23 bits per heavy atom. The Kier molecular flexibility index (Phi) is 4.33. The molecule has 0 unspecified atom stereocenters. The van der Waals surface area contributed by atoms with Crippen molar-refractivity contribution in [1.29, 1.82) is 0 Å². The van der Waals surface area contributed by atoms with Crippen LogP contribution in [0.5, 0.6) is 0 Å². The molecule has 1 amide bonds. The zero-order valence-corrected chi connectivity index (χ0v) is 16.8. The van der Waals surface area contributed by atoms with Crippen LogP contribution in [0.3, 0.4) is 0 Å². The number of anilines is 1. The molecule has 5 rings (SSSR count). The number of halogens is 2. The van der Waals surface area contributed by atoms with E-state index in [1.807, 2.05) is 0 Å². The third-order valence-corrected chi connectivity index (χ3v) is 5.73. The molecule has 0 radical (unpaired) electrons. The van der Waals surface area contributed by atoms with E-state index in [9.17, 15) is 13.6 Å². The molecule has 4 aromatic rings. The van der Waals surface area contributed by atoms with Crippen molar-refractivity contribution in [3.8, 4) is 0 Å². The smallest absolute Gasteiger partial charge is 0.257 e. The Morgan fingerprint density at radius 2 is 2.03 bits per heavy atom. The van der Waals surface area contributed by atoms with Crippen LogP contribution in [-0.2, 0) is 18.4 Å². The van der Waals surface area contributed by atoms with Gasteiger partial charge >= 0.3 is 0 Å². The second-order valence-corrected chi connectivity index (χ2v) is 7.51. The lowest BCUT2D eigenvalue weighted by atomic mass is 9.99. The monoisotopic (exact) mass is 424 g/mol. The van der Waals surface area contributed by atoms with Crippen molar-refractivity contribution in [1.82, 2.24) is 24.6 Å².